The van der Waals surface area contributed by atoms with Crippen molar-refractivity contribution < 1.29 is 9.53 Å². The van der Waals surface area contributed by atoms with Crippen LogP contribution in [-0.4, -0.2) is 18.1 Å². The van der Waals surface area contributed by atoms with Crippen molar-refractivity contribution in [3.8, 4) is 0 Å². The summed E-state index contributed by atoms with van der Waals surface area (Å²) in [6.07, 6.45) is 0. The first-order valence-electron chi connectivity index (χ1n) is 5.09. The molecule has 0 amide bonds. The third-order valence-electron chi connectivity index (χ3n) is 2.32. The Kier molecular flexibility index (Phi) is 3.68. The molecule has 17 heavy (non-hydrogen) atoms. The van der Waals surface area contributed by atoms with Gasteiger partial charge in [-0.1, -0.05) is 13.2 Å². The van der Waals surface area contributed by atoms with Gasteiger partial charge in [0.25, 0.3) is 0 Å². The van der Waals surface area contributed by atoms with Crippen LogP contribution >= 0.6 is 0 Å². The lowest BCUT2D eigenvalue weighted by Crippen LogP contribution is -2.09. The molecule has 0 unspecified atom stereocenters. The van der Waals surface area contributed by atoms with Crippen molar-refractivity contribution in [3.63, 3.8) is 0 Å². The number of hydrogen-bond acceptors (Lipinski definition) is 4. The summed E-state index contributed by atoms with van der Waals surface area (Å²) in [7, 11) is 1.31. The Bertz CT molecular complexity index is 469. The molecule has 90 valence electrons. The highest BCUT2D eigenvalue weighted by molar-refractivity contribution is 5.91. The summed E-state index contributed by atoms with van der Waals surface area (Å²) in [5.74, 6) is -0.505. The number of allylic oxidation sites excluding steroid dienone is 2. The molecule has 0 bridgehead atoms. The summed E-state index contributed by atoms with van der Waals surface area (Å²) in [5, 5.41) is 0. The molecule has 0 fully saturated rings. The first kappa shape index (κ1) is 13.0. The van der Waals surface area contributed by atoms with E-state index in [0.717, 1.165) is 5.57 Å². The largest absolute Gasteiger partial charge is 0.464 e. The molecule has 2 N–H and O–H groups in total. The monoisotopic (exact) mass is 232 g/mol. The zero-order chi connectivity index (χ0) is 13.2. The molecule has 1 rings (SSSR count). The fourth-order valence-corrected chi connectivity index (χ4v) is 1.44. The summed E-state index contributed by atoms with van der Waals surface area (Å²) >= 11 is 0. The minimum absolute atomic E-state index is 0.206. The molecular formula is C13H16N2O2. The lowest BCUT2D eigenvalue weighted by molar-refractivity contribution is 0.0594. The van der Waals surface area contributed by atoms with Gasteiger partial charge >= 0.3 is 5.97 Å². The number of rotatable bonds is 3. The van der Waals surface area contributed by atoms with Gasteiger partial charge in [0.05, 0.1) is 18.5 Å². The van der Waals surface area contributed by atoms with Crippen molar-refractivity contribution in [3.05, 3.63) is 36.2 Å². The van der Waals surface area contributed by atoms with E-state index in [1.807, 2.05) is 6.92 Å². The van der Waals surface area contributed by atoms with E-state index in [-0.39, 0.29) is 5.69 Å². The summed E-state index contributed by atoms with van der Waals surface area (Å²) in [4.78, 5) is 15.6. The van der Waals surface area contributed by atoms with Crippen LogP contribution in [0.1, 0.15) is 35.6 Å². The predicted octanol–water partition coefficient (Wildman–Crippen LogP) is 2.52. The maximum Gasteiger partial charge on any atom is 0.356 e. The van der Waals surface area contributed by atoms with Crippen molar-refractivity contribution in [2.24, 2.45) is 0 Å². The second-order valence-electron chi connectivity index (χ2n) is 3.87. The topological polar surface area (TPSA) is 65.2 Å². The van der Waals surface area contributed by atoms with Crippen LogP contribution in [0.5, 0.6) is 0 Å². The second kappa shape index (κ2) is 4.82. The number of anilines is 1. The molecule has 0 saturated carbocycles. The van der Waals surface area contributed by atoms with E-state index in [1.165, 1.54) is 7.11 Å². The molecule has 1 aromatic heterocycles. The number of pyridine rings is 1. The molecule has 0 spiro atoms. The Labute approximate surface area is 101 Å². The fraction of sp³-hybridized carbons (Fsp3) is 0.231. The number of esters is 1. The van der Waals surface area contributed by atoms with Crippen LogP contribution in [0.25, 0.3) is 11.1 Å². The smallest absolute Gasteiger partial charge is 0.356 e. The zero-order valence-corrected chi connectivity index (χ0v) is 10.3. The van der Waals surface area contributed by atoms with E-state index in [1.54, 1.807) is 13.0 Å². The first-order chi connectivity index (χ1) is 7.88. The summed E-state index contributed by atoms with van der Waals surface area (Å²) in [6, 6.07) is 1.58. The third kappa shape index (κ3) is 2.53. The molecular weight excluding hydrogens is 216 g/mol. The van der Waals surface area contributed by atoms with Crippen LogP contribution in [0, 0.1) is 0 Å². The van der Waals surface area contributed by atoms with Crippen molar-refractivity contribution in [1.29, 1.82) is 0 Å². The number of nitrogens with two attached hydrogens (primary N) is 1. The number of nitrogen functional groups attached to an aromatic ring is 1. The van der Waals surface area contributed by atoms with Crippen LogP contribution in [-0.2, 0) is 4.74 Å². The second-order valence-corrected chi connectivity index (χ2v) is 3.87. The minimum atomic E-state index is -0.505. The quantitative estimate of drug-likeness (QED) is 0.813. The standard InChI is InChI=1S/C13H16N2O2/c1-7(2)9-6-10(13(16)17-5)15-12(8(3)4)11(9)14/h6H,1,3,14H2,2,4-5H3. The number of methoxy groups -OCH3 is 1. The van der Waals surface area contributed by atoms with Gasteiger partial charge in [0.2, 0.25) is 0 Å². The average Bonchev–Trinajstić information content (AvgIpc) is 2.27. The lowest BCUT2D eigenvalue weighted by Gasteiger charge is -2.12. The third-order valence-corrected chi connectivity index (χ3v) is 2.32. The highest BCUT2D eigenvalue weighted by atomic mass is 16.5. The van der Waals surface area contributed by atoms with E-state index < -0.39 is 5.97 Å². The number of ether oxygens (including phenoxy) is 1. The summed E-state index contributed by atoms with van der Waals surface area (Å²) in [6.45, 7) is 11.2. The van der Waals surface area contributed by atoms with Gasteiger partial charge in [0.15, 0.2) is 0 Å². The van der Waals surface area contributed by atoms with Gasteiger partial charge in [-0.2, -0.15) is 0 Å². The van der Waals surface area contributed by atoms with E-state index >= 15 is 0 Å². The van der Waals surface area contributed by atoms with E-state index in [9.17, 15) is 4.79 Å². The van der Waals surface area contributed by atoms with E-state index in [0.29, 0.717) is 22.5 Å². The molecule has 1 aromatic rings. The van der Waals surface area contributed by atoms with Gasteiger partial charge in [0, 0.05) is 5.56 Å². The molecule has 0 radical (unpaired) electrons. The van der Waals surface area contributed by atoms with Crippen LogP contribution in [0.2, 0.25) is 0 Å². The first-order valence-corrected chi connectivity index (χ1v) is 5.09. The van der Waals surface area contributed by atoms with E-state index in [2.05, 4.69) is 22.9 Å². The maximum absolute atomic E-state index is 11.5. The molecule has 1 heterocycles. The molecule has 0 aliphatic rings. The van der Waals surface area contributed by atoms with Crippen LogP contribution in [0.15, 0.2) is 19.2 Å². The number of carbonyl (C=O) groups is 1. The SMILES string of the molecule is C=C(C)c1cc(C(=O)OC)nc(C(=C)C)c1N. The van der Waals surface area contributed by atoms with Crippen LogP contribution in [0.4, 0.5) is 5.69 Å². The number of nitrogens with zero attached hydrogens (tertiary/aromatic N) is 1. The highest BCUT2D eigenvalue weighted by Gasteiger charge is 2.15. The Balaban J connectivity index is 3.52. The van der Waals surface area contributed by atoms with Crippen molar-refractivity contribution in [2.75, 3.05) is 12.8 Å². The van der Waals surface area contributed by atoms with Gasteiger partial charge < -0.3 is 10.5 Å². The Morgan fingerprint density at radius 1 is 1.35 bits per heavy atom. The summed E-state index contributed by atoms with van der Waals surface area (Å²) < 4.78 is 4.64. The lowest BCUT2D eigenvalue weighted by atomic mass is 10.0. The Morgan fingerprint density at radius 3 is 2.35 bits per heavy atom. The Morgan fingerprint density at radius 2 is 1.94 bits per heavy atom. The molecule has 0 aliphatic heterocycles. The normalized spacial score (nSPS) is 9.82. The van der Waals surface area contributed by atoms with Crippen LogP contribution < -0.4 is 5.73 Å². The van der Waals surface area contributed by atoms with Crippen molar-refractivity contribution in [2.45, 2.75) is 13.8 Å². The van der Waals surface area contributed by atoms with Gasteiger partial charge in [-0.25, -0.2) is 9.78 Å². The molecule has 0 aliphatic carbocycles. The van der Waals surface area contributed by atoms with Gasteiger partial charge in [-0.3, -0.25) is 0 Å². The Hall–Kier alpha value is -2.10. The van der Waals surface area contributed by atoms with Gasteiger partial charge in [-0.05, 0) is 31.1 Å². The fourth-order valence-electron chi connectivity index (χ4n) is 1.44. The van der Waals surface area contributed by atoms with E-state index in [4.69, 9.17) is 5.73 Å². The molecule has 0 atom stereocenters. The molecule has 0 saturated heterocycles. The van der Waals surface area contributed by atoms with Gasteiger partial charge in [0.1, 0.15) is 5.69 Å². The molecule has 0 aromatic carbocycles. The highest BCUT2D eigenvalue weighted by Crippen LogP contribution is 2.27. The average molecular weight is 232 g/mol. The number of aromatic nitrogens is 1. The minimum Gasteiger partial charge on any atom is -0.464 e. The number of carbonyl (C=O) groups excluding carboxylic acids is 1. The van der Waals surface area contributed by atoms with Crippen LogP contribution in [0.3, 0.4) is 0 Å². The molecule has 4 heteroatoms. The number of hydrogen-bond donors (Lipinski definition) is 1. The maximum atomic E-state index is 11.5. The molecule has 4 nitrogen and oxygen atoms in total. The predicted molar refractivity (Wildman–Crippen MR) is 69.4 cm³/mol. The summed E-state index contributed by atoms with van der Waals surface area (Å²) in [5.41, 5.74) is 9.30. The van der Waals surface area contributed by atoms with Crippen molar-refractivity contribution >= 4 is 22.8 Å². The van der Waals surface area contributed by atoms with Crippen molar-refractivity contribution in [1.82, 2.24) is 4.98 Å². The zero-order valence-electron chi connectivity index (χ0n) is 10.3. The van der Waals surface area contributed by atoms with Gasteiger partial charge in [-0.15, -0.1) is 0 Å².